The van der Waals surface area contributed by atoms with Crippen LogP contribution in [0.25, 0.3) is 0 Å². The van der Waals surface area contributed by atoms with Gasteiger partial charge in [-0.1, -0.05) is 66.7 Å². The fourth-order valence-electron chi connectivity index (χ4n) is 2.85. The maximum atomic E-state index is 12.2. The minimum atomic E-state index is -0.336. The number of carbonyl (C=O) groups excluding carboxylic acids is 3. The van der Waals surface area contributed by atoms with Gasteiger partial charge in [0.1, 0.15) is 5.78 Å². The molecule has 1 heterocycles. The number of hydrogen-bond donors (Lipinski definition) is 1. The van der Waals surface area contributed by atoms with Crippen molar-refractivity contribution in [1.29, 1.82) is 0 Å². The molecule has 2 aromatic carbocycles. The minimum absolute atomic E-state index is 0.0341. The van der Waals surface area contributed by atoms with Gasteiger partial charge in [0.15, 0.2) is 5.78 Å². The Balaban J connectivity index is 1.53. The Labute approximate surface area is 179 Å². The summed E-state index contributed by atoms with van der Waals surface area (Å²) in [5.41, 5.74) is 4.97. The topological polar surface area (TPSA) is 75.6 Å². The van der Waals surface area contributed by atoms with Crippen LogP contribution in [-0.4, -0.2) is 23.2 Å². The molecule has 3 rings (SSSR count). The van der Waals surface area contributed by atoms with Crippen molar-refractivity contribution >= 4 is 34.5 Å². The SMILES string of the molecule is O=C(CCC(=O)NN=C(c1ccccc1)c1ccccc1)CCC(=O)c1cccs1. The van der Waals surface area contributed by atoms with Crippen LogP contribution in [0.3, 0.4) is 0 Å². The standard InChI is InChI=1S/C24H22N2O3S/c27-20(13-15-21(28)22-12-7-17-30-22)14-16-23(29)25-26-24(18-8-3-1-4-9-18)19-10-5-2-6-11-19/h1-12,17H,13-16H2,(H,25,29). The number of ketones is 2. The summed E-state index contributed by atoms with van der Waals surface area (Å²) in [6.45, 7) is 0. The maximum absolute atomic E-state index is 12.2. The van der Waals surface area contributed by atoms with Crippen molar-refractivity contribution in [3.05, 3.63) is 94.2 Å². The van der Waals surface area contributed by atoms with Gasteiger partial charge in [0.05, 0.1) is 10.6 Å². The van der Waals surface area contributed by atoms with Crippen LogP contribution in [0.2, 0.25) is 0 Å². The second-order valence-electron chi connectivity index (χ2n) is 6.67. The molecule has 0 radical (unpaired) electrons. The zero-order valence-electron chi connectivity index (χ0n) is 16.4. The van der Waals surface area contributed by atoms with Crippen LogP contribution in [0.15, 0.2) is 83.3 Å². The van der Waals surface area contributed by atoms with Crippen molar-refractivity contribution in [2.24, 2.45) is 5.10 Å². The van der Waals surface area contributed by atoms with E-state index in [0.29, 0.717) is 10.6 Å². The lowest BCUT2D eigenvalue weighted by Gasteiger charge is -2.08. The first-order valence-corrected chi connectivity index (χ1v) is 10.6. The zero-order valence-corrected chi connectivity index (χ0v) is 17.2. The molecule has 0 saturated heterocycles. The largest absolute Gasteiger partial charge is 0.300 e. The first kappa shape index (κ1) is 21.3. The van der Waals surface area contributed by atoms with Crippen LogP contribution in [0, 0.1) is 0 Å². The molecule has 0 spiro atoms. The number of amides is 1. The highest BCUT2D eigenvalue weighted by molar-refractivity contribution is 7.12. The van der Waals surface area contributed by atoms with Gasteiger partial charge in [0, 0.05) is 36.8 Å². The van der Waals surface area contributed by atoms with E-state index in [0.717, 1.165) is 11.1 Å². The number of hydrazone groups is 1. The fraction of sp³-hybridized carbons (Fsp3) is 0.167. The number of benzene rings is 2. The minimum Gasteiger partial charge on any atom is -0.300 e. The Morgan fingerprint density at radius 1 is 0.733 bits per heavy atom. The Bertz CT molecular complexity index is 972. The number of hydrogen-bond acceptors (Lipinski definition) is 5. The molecule has 1 amide bonds. The van der Waals surface area contributed by atoms with E-state index in [1.54, 1.807) is 6.07 Å². The third kappa shape index (κ3) is 6.32. The summed E-state index contributed by atoms with van der Waals surface area (Å²) in [6.07, 6.45) is 0.440. The molecule has 0 fully saturated rings. The van der Waals surface area contributed by atoms with Crippen LogP contribution in [0.5, 0.6) is 0 Å². The first-order valence-electron chi connectivity index (χ1n) is 9.69. The quantitative estimate of drug-likeness (QED) is 0.296. The highest BCUT2D eigenvalue weighted by atomic mass is 32.1. The van der Waals surface area contributed by atoms with Gasteiger partial charge in [-0.2, -0.15) is 5.10 Å². The van der Waals surface area contributed by atoms with Gasteiger partial charge in [-0.25, -0.2) is 5.43 Å². The lowest BCUT2D eigenvalue weighted by atomic mass is 10.0. The van der Waals surface area contributed by atoms with Crippen molar-refractivity contribution in [3.8, 4) is 0 Å². The third-order valence-corrected chi connectivity index (χ3v) is 5.36. The van der Waals surface area contributed by atoms with Crippen LogP contribution >= 0.6 is 11.3 Å². The fourth-order valence-corrected chi connectivity index (χ4v) is 3.55. The Kier molecular flexibility index (Phi) is 7.80. The van der Waals surface area contributed by atoms with Gasteiger partial charge in [0.2, 0.25) is 5.91 Å². The van der Waals surface area contributed by atoms with E-state index in [4.69, 9.17) is 0 Å². The van der Waals surface area contributed by atoms with Gasteiger partial charge in [-0.05, 0) is 11.4 Å². The predicted octanol–water partition coefficient (Wildman–Crippen LogP) is 4.63. The number of nitrogens with zero attached hydrogens (tertiary/aromatic N) is 1. The van der Waals surface area contributed by atoms with E-state index in [9.17, 15) is 14.4 Å². The zero-order chi connectivity index (χ0) is 21.2. The van der Waals surface area contributed by atoms with Crippen molar-refractivity contribution in [1.82, 2.24) is 5.43 Å². The van der Waals surface area contributed by atoms with E-state index >= 15 is 0 Å². The van der Waals surface area contributed by atoms with Crippen molar-refractivity contribution in [3.63, 3.8) is 0 Å². The van der Waals surface area contributed by atoms with Crippen molar-refractivity contribution < 1.29 is 14.4 Å². The molecule has 6 heteroatoms. The van der Waals surface area contributed by atoms with Gasteiger partial charge < -0.3 is 0 Å². The lowest BCUT2D eigenvalue weighted by Crippen LogP contribution is -2.21. The summed E-state index contributed by atoms with van der Waals surface area (Å²) in [7, 11) is 0. The molecule has 0 aliphatic carbocycles. The first-order chi connectivity index (χ1) is 14.6. The molecule has 0 aliphatic rings. The van der Waals surface area contributed by atoms with Gasteiger partial charge in [0.25, 0.3) is 0 Å². The molecule has 1 aromatic heterocycles. The molecule has 1 N–H and O–H groups in total. The van der Waals surface area contributed by atoms with Crippen LogP contribution < -0.4 is 5.43 Å². The predicted molar refractivity (Wildman–Crippen MR) is 119 cm³/mol. The number of Topliss-reactive ketones (excluding diaryl/α,β-unsaturated/α-hetero) is 2. The van der Waals surface area contributed by atoms with E-state index in [2.05, 4.69) is 10.5 Å². The summed E-state index contributed by atoms with van der Waals surface area (Å²) in [5.74, 6) is -0.481. The Hall–Kier alpha value is -3.38. The van der Waals surface area contributed by atoms with Crippen molar-refractivity contribution in [2.75, 3.05) is 0 Å². The number of nitrogens with one attached hydrogen (secondary N) is 1. The molecule has 0 aliphatic heterocycles. The monoisotopic (exact) mass is 418 g/mol. The molecule has 0 unspecified atom stereocenters. The lowest BCUT2D eigenvalue weighted by molar-refractivity contribution is -0.125. The van der Waals surface area contributed by atoms with Crippen LogP contribution in [-0.2, 0) is 9.59 Å². The second kappa shape index (κ2) is 11.0. The number of rotatable bonds is 10. The molecule has 0 saturated carbocycles. The summed E-state index contributed by atoms with van der Waals surface area (Å²) < 4.78 is 0. The Morgan fingerprint density at radius 3 is 1.90 bits per heavy atom. The average Bonchev–Trinajstić information content (AvgIpc) is 3.33. The van der Waals surface area contributed by atoms with Gasteiger partial charge in [-0.3, -0.25) is 14.4 Å². The molecular weight excluding hydrogens is 396 g/mol. The molecule has 30 heavy (non-hydrogen) atoms. The third-order valence-electron chi connectivity index (χ3n) is 4.44. The van der Waals surface area contributed by atoms with E-state index < -0.39 is 0 Å². The summed E-state index contributed by atoms with van der Waals surface area (Å²) in [6, 6.07) is 22.7. The summed E-state index contributed by atoms with van der Waals surface area (Å²) in [4.78, 5) is 36.9. The molecular formula is C24H22N2O3S. The highest BCUT2D eigenvalue weighted by Crippen LogP contribution is 2.13. The average molecular weight is 419 g/mol. The van der Waals surface area contributed by atoms with Gasteiger partial charge >= 0.3 is 0 Å². The summed E-state index contributed by atoms with van der Waals surface area (Å²) >= 11 is 1.37. The van der Waals surface area contributed by atoms with Crippen LogP contribution in [0.4, 0.5) is 0 Å². The molecule has 0 bridgehead atoms. The van der Waals surface area contributed by atoms with Crippen LogP contribution in [0.1, 0.15) is 46.5 Å². The summed E-state index contributed by atoms with van der Waals surface area (Å²) in [5, 5.41) is 6.14. The number of carbonyl (C=O) groups is 3. The van der Waals surface area contributed by atoms with E-state index in [1.807, 2.05) is 72.1 Å². The maximum Gasteiger partial charge on any atom is 0.240 e. The van der Waals surface area contributed by atoms with E-state index in [-0.39, 0.29) is 43.2 Å². The van der Waals surface area contributed by atoms with Gasteiger partial charge in [-0.15, -0.1) is 11.3 Å². The number of thiophene rings is 1. The highest BCUT2D eigenvalue weighted by Gasteiger charge is 2.12. The molecule has 152 valence electrons. The second-order valence-corrected chi connectivity index (χ2v) is 7.61. The molecule has 0 atom stereocenters. The van der Waals surface area contributed by atoms with Crippen molar-refractivity contribution in [2.45, 2.75) is 25.7 Å². The molecule has 5 nitrogen and oxygen atoms in total. The Morgan fingerprint density at radius 2 is 1.33 bits per heavy atom. The normalized spacial score (nSPS) is 10.3. The van der Waals surface area contributed by atoms with E-state index in [1.165, 1.54) is 11.3 Å². The molecule has 3 aromatic rings. The smallest absolute Gasteiger partial charge is 0.240 e.